The first kappa shape index (κ1) is 15.1. The molecule has 0 amide bonds. The fourth-order valence-corrected chi connectivity index (χ4v) is 3.27. The van der Waals surface area contributed by atoms with E-state index in [2.05, 4.69) is 17.9 Å². The molecular weight excluding hydrogens is 254 g/mol. The predicted octanol–water partition coefficient (Wildman–Crippen LogP) is 3.53. The molecule has 0 radical (unpaired) electrons. The van der Waals surface area contributed by atoms with Crippen LogP contribution >= 0.6 is 0 Å². The minimum atomic E-state index is -0.684. The van der Waals surface area contributed by atoms with Crippen molar-refractivity contribution in [3.05, 3.63) is 23.2 Å². The van der Waals surface area contributed by atoms with Gasteiger partial charge in [-0.05, 0) is 58.6 Å². The lowest BCUT2D eigenvalue weighted by Gasteiger charge is -2.36. The van der Waals surface area contributed by atoms with Crippen LogP contribution in [0.2, 0.25) is 0 Å². The molecule has 2 atom stereocenters. The van der Waals surface area contributed by atoms with Crippen LogP contribution in [0.1, 0.15) is 55.7 Å². The first-order valence-electron chi connectivity index (χ1n) is 7.50. The van der Waals surface area contributed by atoms with E-state index in [-0.39, 0.29) is 6.42 Å². The number of carbonyl (C=O) groups is 1. The first-order valence-corrected chi connectivity index (χ1v) is 7.50. The Labute approximate surface area is 120 Å². The third kappa shape index (κ3) is 3.63. The zero-order valence-electron chi connectivity index (χ0n) is 12.7. The number of carboxylic acid groups (broad SMARTS) is 1. The summed E-state index contributed by atoms with van der Waals surface area (Å²) in [5, 5.41) is 8.81. The van der Waals surface area contributed by atoms with Crippen LogP contribution in [0.4, 0.5) is 0 Å². The summed E-state index contributed by atoms with van der Waals surface area (Å²) in [6.07, 6.45) is 3.39. The Balaban J connectivity index is 1.97. The second-order valence-electron chi connectivity index (χ2n) is 5.98. The molecular formula is C16H25NO3. The Morgan fingerprint density at radius 3 is 2.90 bits per heavy atom. The smallest absolute Gasteiger partial charge is 0.303 e. The van der Waals surface area contributed by atoms with Crippen LogP contribution in [0, 0.1) is 19.8 Å². The molecule has 1 aromatic rings. The molecule has 0 aliphatic carbocycles. The van der Waals surface area contributed by atoms with Gasteiger partial charge >= 0.3 is 5.97 Å². The summed E-state index contributed by atoms with van der Waals surface area (Å²) < 4.78 is 5.63. The van der Waals surface area contributed by atoms with Crippen molar-refractivity contribution >= 4 is 5.97 Å². The van der Waals surface area contributed by atoms with Gasteiger partial charge in [0.25, 0.3) is 0 Å². The lowest BCUT2D eigenvalue weighted by Crippen LogP contribution is -2.37. The van der Waals surface area contributed by atoms with Gasteiger partial charge in [0.15, 0.2) is 0 Å². The fourth-order valence-electron chi connectivity index (χ4n) is 3.27. The van der Waals surface area contributed by atoms with E-state index in [0.29, 0.717) is 12.0 Å². The summed E-state index contributed by atoms with van der Waals surface area (Å²) in [5.41, 5.74) is 1.27. The van der Waals surface area contributed by atoms with Crippen molar-refractivity contribution in [1.29, 1.82) is 0 Å². The van der Waals surface area contributed by atoms with E-state index in [9.17, 15) is 4.79 Å². The minimum Gasteiger partial charge on any atom is -0.481 e. The van der Waals surface area contributed by atoms with E-state index >= 15 is 0 Å². The van der Waals surface area contributed by atoms with Gasteiger partial charge in [-0.25, -0.2) is 0 Å². The van der Waals surface area contributed by atoms with E-state index < -0.39 is 5.97 Å². The molecule has 2 heterocycles. The van der Waals surface area contributed by atoms with Gasteiger partial charge < -0.3 is 9.52 Å². The van der Waals surface area contributed by atoms with Crippen molar-refractivity contribution in [1.82, 2.24) is 4.90 Å². The summed E-state index contributed by atoms with van der Waals surface area (Å²) in [5.74, 6) is 1.79. The van der Waals surface area contributed by atoms with E-state index in [1.807, 2.05) is 13.8 Å². The topological polar surface area (TPSA) is 53.7 Å². The Hall–Kier alpha value is -1.29. The van der Waals surface area contributed by atoms with Crippen LogP contribution in [0.25, 0.3) is 0 Å². The van der Waals surface area contributed by atoms with Gasteiger partial charge in [-0.2, -0.15) is 0 Å². The van der Waals surface area contributed by atoms with Crippen molar-refractivity contribution in [2.75, 3.05) is 13.1 Å². The third-order valence-corrected chi connectivity index (χ3v) is 4.39. The zero-order chi connectivity index (χ0) is 14.7. The number of hydrogen-bond donors (Lipinski definition) is 1. The molecule has 0 spiro atoms. The van der Waals surface area contributed by atoms with Crippen LogP contribution < -0.4 is 0 Å². The van der Waals surface area contributed by atoms with Gasteiger partial charge in [0.05, 0.1) is 0 Å². The van der Waals surface area contributed by atoms with E-state index in [1.165, 1.54) is 5.56 Å². The molecule has 1 aliphatic rings. The average Bonchev–Trinajstić information content (AvgIpc) is 2.75. The van der Waals surface area contributed by atoms with Gasteiger partial charge in [0, 0.05) is 24.6 Å². The van der Waals surface area contributed by atoms with Crippen LogP contribution in [-0.4, -0.2) is 29.1 Å². The molecule has 1 N–H and O–H groups in total. The lowest BCUT2D eigenvalue weighted by atomic mass is 9.91. The minimum absolute atomic E-state index is 0.288. The van der Waals surface area contributed by atoms with Crippen LogP contribution in [0.3, 0.4) is 0 Å². The van der Waals surface area contributed by atoms with Crippen molar-refractivity contribution in [2.24, 2.45) is 5.92 Å². The maximum absolute atomic E-state index is 10.7. The summed E-state index contributed by atoms with van der Waals surface area (Å²) >= 11 is 0. The second-order valence-corrected chi connectivity index (χ2v) is 5.98. The maximum atomic E-state index is 10.7. The Bertz CT molecular complexity index is 466. The highest BCUT2D eigenvalue weighted by Crippen LogP contribution is 2.31. The highest BCUT2D eigenvalue weighted by atomic mass is 16.4. The molecule has 1 saturated heterocycles. The third-order valence-electron chi connectivity index (χ3n) is 4.39. The Morgan fingerprint density at radius 2 is 2.30 bits per heavy atom. The molecule has 2 unspecified atom stereocenters. The van der Waals surface area contributed by atoms with E-state index in [0.717, 1.165) is 43.9 Å². The normalized spacial score (nSPS) is 21.9. The zero-order valence-corrected chi connectivity index (χ0v) is 12.7. The van der Waals surface area contributed by atoms with Crippen LogP contribution in [0.5, 0.6) is 0 Å². The Kier molecular flexibility index (Phi) is 4.86. The number of aryl methyl sites for hydroxylation is 2. The standard InChI is InChI=1S/C16H25NO3/c1-11-9-15(13(3)20-11)12(2)17-8-4-5-14(10-17)6-7-16(18)19/h9,12,14H,4-8,10H2,1-3H3,(H,18,19). The molecule has 112 valence electrons. The fraction of sp³-hybridized carbons (Fsp3) is 0.688. The van der Waals surface area contributed by atoms with Crippen molar-refractivity contribution in [2.45, 2.75) is 52.5 Å². The largest absolute Gasteiger partial charge is 0.481 e. The number of aliphatic carboxylic acids is 1. The highest BCUT2D eigenvalue weighted by Gasteiger charge is 2.26. The lowest BCUT2D eigenvalue weighted by molar-refractivity contribution is -0.137. The van der Waals surface area contributed by atoms with Crippen molar-refractivity contribution < 1.29 is 14.3 Å². The summed E-state index contributed by atoms with van der Waals surface area (Å²) in [4.78, 5) is 13.2. The van der Waals surface area contributed by atoms with Gasteiger partial charge in [-0.3, -0.25) is 9.69 Å². The molecule has 20 heavy (non-hydrogen) atoms. The predicted molar refractivity (Wildman–Crippen MR) is 77.8 cm³/mol. The average molecular weight is 279 g/mol. The number of likely N-dealkylation sites (tertiary alicyclic amines) is 1. The molecule has 4 heteroatoms. The van der Waals surface area contributed by atoms with Crippen molar-refractivity contribution in [3.63, 3.8) is 0 Å². The Morgan fingerprint density at radius 1 is 1.55 bits per heavy atom. The molecule has 1 fully saturated rings. The van der Waals surface area contributed by atoms with Crippen LogP contribution in [0.15, 0.2) is 10.5 Å². The van der Waals surface area contributed by atoms with E-state index in [4.69, 9.17) is 9.52 Å². The number of rotatable bonds is 5. The van der Waals surface area contributed by atoms with Gasteiger partial charge in [0.1, 0.15) is 11.5 Å². The quantitative estimate of drug-likeness (QED) is 0.895. The van der Waals surface area contributed by atoms with E-state index in [1.54, 1.807) is 0 Å². The monoisotopic (exact) mass is 279 g/mol. The van der Waals surface area contributed by atoms with Crippen molar-refractivity contribution in [3.8, 4) is 0 Å². The summed E-state index contributed by atoms with van der Waals surface area (Å²) in [7, 11) is 0. The summed E-state index contributed by atoms with van der Waals surface area (Å²) in [6.45, 7) is 8.31. The maximum Gasteiger partial charge on any atom is 0.303 e. The van der Waals surface area contributed by atoms with Gasteiger partial charge in [0.2, 0.25) is 0 Å². The molecule has 1 aromatic heterocycles. The van der Waals surface area contributed by atoms with Crippen LogP contribution in [-0.2, 0) is 4.79 Å². The second kappa shape index (κ2) is 6.44. The highest BCUT2D eigenvalue weighted by molar-refractivity contribution is 5.66. The molecule has 1 aliphatic heterocycles. The number of piperidine rings is 1. The molecule has 0 bridgehead atoms. The summed E-state index contributed by atoms with van der Waals surface area (Å²) in [6, 6.07) is 2.47. The first-order chi connectivity index (χ1) is 9.47. The number of carboxylic acids is 1. The molecule has 2 rings (SSSR count). The van der Waals surface area contributed by atoms with Gasteiger partial charge in [-0.1, -0.05) is 0 Å². The van der Waals surface area contributed by atoms with Gasteiger partial charge in [-0.15, -0.1) is 0 Å². The number of nitrogens with zero attached hydrogens (tertiary/aromatic N) is 1. The number of hydrogen-bond acceptors (Lipinski definition) is 3. The SMILES string of the molecule is Cc1cc(C(C)N2CCCC(CCC(=O)O)C2)c(C)o1. The molecule has 0 saturated carbocycles. The molecule has 4 nitrogen and oxygen atoms in total. The number of furan rings is 1. The molecule has 0 aromatic carbocycles.